The first-order valence-electron chi connectivity index (χ1n) is 6.73. The van der Waals surface area contributed by atoms with Gasteiger partial charge in [-0.2, -0.15) is 0 Å². The van der Waals surface area contributed by atoms with Crippen molar-refractivity contribution in [3.05, 3.63) is 0 Å². The van der Waals surface area contributed by atoms with Gasteiger partial charge in [0.15, 0.2) is 5.96 Å². The van der Waals surface area contributed by atoms with Crippen LogP contribution in [0.25, 0.3) is 0 Å². The molecule has 0 aromatic rings. The second kappa shape index (κ2) is 3.38. The molecule has 16 heavy (non-hydrogen) atoms. The van der Waals surface area contributed by atoms with Gasteiger partial charge in [-0.1, -0.05) is 20.3 Å². The first-order valence-corrected chi connectivity index (χ1v) is 6.73. The SMILES string of the molecule is CC1CCC(C)C2(CN=C(N)N2C2CC2)C1. The third-order valence-electron chi connectivity index (χ3n) is 4.87. The third kappa shape index (κ3) is 1.36. The van der Waals surface area contributed by atoms with Crippen molar-refractivity contribution in [2.75, 3.05) is 6.54 Å². The van der Waals surface area contributed by atoms with Crippen molar-refractivity contribution in [3.63, 3.8) is 0 Å². The Kier molecular flexibility index (Phi) is 2.20. The minimum atomic E-state index is 0.281. The Labute approximate surface area is 98.1 Å². The van der Waals surface area contributed by atoms with Crippen LogP contribution in [0.2, 0.25) is 0 Å². The van der Waals surface area contributed by atoms with Gasteiger partial charge in [0.1, 0.15) is 0 Å². The quantitative estimate of drug-likeness (QED) is 0.735. The summed E-state index contributed by atoms with van der Waals surface area (Å²) >= 11 is 0. The Morgan fingerprint density at radius 1 is 1.25 bits per heavy atom. The highest BCUT2D eigenvalue weighted by molar-refractivity contribution is 5.81. The van der Waals surface area contributed by atoms with Gasteiger partial charge >= 0.3 is 0 Å². The van der Waals surface area contributed by atoms with Crippen molar-refractivity contribution in [1.29, 1.82) is 0 Å². The Morgan fingerprint density at radius 2 is 2.00 bits per heavy atom. The van der Waals surface area contributed by atoms with E-state index in [9.17, 15) is 0 Å². The summed E-state index contributed by atoms with van der Waals surface area (Å²) in [6.07, 6.45) is 6.64. The topological polar surface area (TPSA) is 41.6 Å². The Bertz CT molecular complexity index is 321. The summed E-state index contributed by atoms with van der Waals surface area (Å²) in [4.78, 5) is 7.05. The highest BCUT2D eigenvalue weighted by Gasteiger charge is 2.53. The molecule has 3 atom stereocenters. The molecule has 1 spiro atoms. The van der Waals surface area contributed by atoms with Crippen LogP contribution in [0.3, 0.4) is 0 Å². The molecule has 0 amide bonds. The maximum Gasteiger partial charge on any atom is 0.192 e. The summed E-state index contributed by atoms with van der Waals surface area (Å²) in [5.41, 5.74) is 6.39. The van der Waals surface area contributed by atoms with E-state index in [1.807, 2.05) is 0 Å². The van der Waals surface area contributed by atoms with E-state index in [4.69, 9.17) is 5.73 Å². The molecule has 90 valence electrons. The largest absolute Gasteiger partial charge is 0.370 e. The van der Waals surface area contributed by atoms with Crippen LogP contribution in [0.1, 0.15) is 46.0 Å². The molecule has 3 unspecified atom stereocenters. The fourth-order valence-electron chi connectivity index (χ4n) is 3.75. The molecule has 0 aromatic carbocycles. The predicted octanol–water partition coefficient (Wildman–Crippen LogP) is 1.97. The molecule has 2 aliphatic carbocycles. The standard InChI is InChI=1S/C13H23N3/c1-9-3-4-10(2)13(7-9)8-15-12(14)16(13)11-5-6-11/h9-11H,3-8H2,1-2H3,(H2,14,15). The lowest BCUT2D eigenvalue weighted by atomic mass is 9.69. The zero-order valence-electron chi connectivity index (χ0n) is 10.4. The van der Waals surface area contributed by atoms with Crippen LogP contribution in [0.4, 0.5) is 0 Å². The molecule has 3 rings (SSSR count). The van der Waals surface area contributed by atoms with Crippen molar-refractivity contribution >= 4 is 5.96 Å². The van der Waals surface area contributed by atoms with Crippen molar-refractivity contribution in [1.82, 2.24) is 4.90 Å². The Morgan fingerprint density at radius 3 is 2.69 bits per heavy atom. The molecule has 0 aromatic heterocycles. The minimum absolute atomic E-state index is 0.281. The average Bonchev–Trinajstić information content (AvgIpc) is 3.01. The summed E-state index contributed by atoms with van der Waals surface area (Å²) in [5, 5.41) is 0. The van der Waals surface area contributed by atoms with Crippen molar-refractivity contribution in [3.8, 4) is 0 Å². The average molecular weight is 221 g/mol. The predicted molar refractivity (Wildman–Crippen MR) is 66.3 cm³/mol. The molecule has 1 heterocycles. The second-order valence-corrected chi connectivity index (χ2v) is 6.17. The van der Waals surface area contributed by atoms with Crippen LogP contribution in [0.5, 0.6) is 0 Å². The fourth-order valence-corrected chi connectivity index (χ4v) is 3.75. The molecule has 0 saturated heterocycles. The van der Waals surface area contributed by atoms with Crippen molar-refractivity contribution in [2.24, 2.45) is 22.6 Å². The number of guanidine groups is 1. The number of nitrogens with two attached hydrogens (primary N) is 1. The van der Waals surface area contributed by atoms with Gasteiger partial charge in [-0.25, -0.2) is 0 Å². The third-order valence-corrected chi connectivity index (χ3v) is 4.87. The Balaban J connectivity index is 1.90. The smallest absolute Gasteiger partial charge is 0.192 e. The van der Waals surface area contributed by atoms with Gasteiger partial charge in [-0.05, 0) is 37.5 Å². The monoisotopic (exact) mass is 221 g/mol. The van der Waals surface area contributed by atoms with E-state index >= 15 is 0 Å². The molecule has 2 fully saturated rings. The van der Waals surface area contributed by atoms with Gasteiger partial charge in [0.2, 0.25) is 0 Å². The van der Waals surface area contributed by atoms with Crippen LogP contribution in [-0.4, -0.2) is 29.0 Å². The van der Waals surface area contributed by atoms with Crippen LogP contribution in [0.15, 0.2) is 4.99 Å². The molecule has 2 saturated carbocycles. The molecule has 1 aliphatic heterocycles. The zero-order chi connectivity index (χ0) is 11.3. The van der Waals surface area contributed by atoms with E-state index in [1.165, 1.54) is 32.1 Å². The van der Waals surface area contributed by atoms with E-state index in [0.29, 0.717) is 6.04 Å². The number of aliphatic imine (C=N–C) groups is 1. The summed E-state index contributed by atoms with van der Waals surface area (Å²) in [7, 11) is 0. The van der Waals surface area contributed by atoms with E-state index < -0.39 is 0 Å². The van der Waals surface area contributed by atoms with Crippen molar-refractivity contribution in [2.45, 2.75) is 57.5 Å². The lowest BCUT2D eigenvalue weighted by Gasteiger charge is -2.48. The molecule has 0 radical (unpaired) electrons. The number of hydrogen-bond acceptors (Lipinski definition) is 3. The first-order chi connectivity index (χ1) is 7.63. The molecular weight excluding hydrogens is 198 g/mol. The number of hydrogen-bond donors (Lipinski definition) is 1. The fraction of sp³-hybridized carbons (Fsp3) is 0.923. The van der Waals surface area contributed by atoms with Gasteiger partial charge in [0.25, 0.3) is 0 Å². The molecule has 3 aliphatic rings. The maximum absolute atomic E-state index is 6.11. The highest BCUT2D eigenvalue weighted by atomic mass is 15.4. The summed E-state index contributed by atoms with van der Waals surface area (Å²) < 4.78 is 0. The number of rotatable bonds is 1. The second-order valence-electron chi connectivity index (χ2n) is 6.17. The molecule has 0 bridgehead atoms. The first kappa shape index (κ1) is 10.4. The van der Waals surface area contributed by atoms with E-state index in [0.717, 1.165) is 24.3 Å². The number of nitrogens with zero attached hydrogens (tertiary/aromatic N) is 2. The Hall–Kier alpha value is -0.730. The zero-order valence-corrected chi connectivity index (χ0v) is 10.4. The van der Waals surface area contributed by atoms with Gasteiger partial charge in [-0.15, -0.1) is 0 Å². The summed E-state index contributed by atoms with van der Waals surface area (Å²) in [6, 6.07) is 0.707. The minimum Gasteiger partial charge on any atom is -0.370 e. The van der Waals surface area contributed by atoms with Crippen LogP contribution < -0.4 is 5.73 Å². The van der Waals surface area contributed by atoms with Crippen LogP contribution >= 0.6 is 0 Å². The van der Waals surface area contributed by atoms with E-state index in [1.54, 1.807) is 0 Å². The summed E-state index contributed by atoms with van der Waals surface area (Å²) in [6.45, 7) is 5.73. The van der Waals surface area contributed by atoms with Gasteiger partial charge in [-0.3, -0.25) is 4.99 Å². The van der Waals surface area contributed by atoms with Gasteiger partial charge in [0, 0.05) is 6.04 Å². The normalized spacial score (nSPS) is 43.9. The molecule has 2 N–H and O–H groups in total. The van der Waals surface area contributed by atoms with Crippen molar-refractivity contribution < 1.29 is 0 Å². The lowest BCUT2D eigenvalue weighted by Crippen LogP contribution is -2.58. The van der Waals surface area contributed by atoms with Gasteiger partial charge < -0.3 is 10.6 Å². The van der Waals surface area contributed by atoms with Crippen LogP contribution in [-0.2, 0) is 0 Å². The maximum atomic E-state index is 6.11. The van der Waals surface area contributed by atoms with Crippen LogP contribution in [0, 0.1) is 11.8 Å². The van der Waals surface area contributed by atoms with Gasteiger partial charge in [0.05, 0.1) is 12.1 Å². The highest BCUT2D eigenvalue weighted by Crippen LogP contribution is 2.47. The summed E-state index contributed by atoms with van der Waals surface area (Å²) in [5.74, 6) is 2.40. The lowest BCUT2D eigenvalue weighted by molar-refractivity contribution is 0.0535. The molecule has 3 heteroatoms. The van der Waals surface area contributed by atoms with E-state index in [2.05, 4.69) is 23.7 Å². The molecule has 3 nitrogen and oxygen atoms in total. The molecular formula is C13H23N3. The van der Waals surface area contributed by atoms with E-state index in [-0.39, 0.29) is 5.54 Å².